The monoisotopic (exact) mass is 334 g/mol. The van der Waals surface area contributed by atoms with Gasteiger partial charge in [-0.2, -0.15) is 10.1 Å². The molecule has 2 heterocycles. The number of hydrogen-bond donors (Lipinski definition) is 2. The molecule has 2 aromatic rings. The predicted octanol–water partition coefficient (Wildman–Crippen LogP) is 2.20. The van der Waals surface area contributed by atoms with E-state index in [-0.39, 0.29) is 0 Å². The molecule has 2 rings (SSSR count). The summed E-state index contributed by atoms with van der Waals surface area (Å²) in [7, 11) is 1.60. The molecule has 24 heavy (non-hydrogen) atoms. The zero-order valence-electron chi connectivity index (χ0n) is 14.8. The SMILES string of the molecule is CCCCCCn1c(N/N=C(\C)CC)nc2c1c(=O)[nH]c(=O)n2C. The lowest BCUT2D eigenvalue weighted by Crippen LogP contribution is -2.29. The predicted molar refractivity (Wildman–Crippen MR) is 96.8 cm³/mol. The topological polar surface area (TPSA) is 97.1 Å². The van der Waals surface area contributed by atoms with E-state index >= 15 is 0 Å². The van der Waals surface area contributed by atoms with Gasteiger partial charge in [0.15, 0.2) is 11.2 Å². The minimum atomic E-state index is -0.470. The fourth-order valence-corrected chi connectivity index (χ4v) is 2.46. The number of nitrogens with zero attached hydrogens (tertiary/aromatic N) is 4. The van der Waals surface area contributed by atoms with E-state index in [1.54, 1.807) is 7.05 Å². The number of fused-ring (bicyclic) bond motifs is 1. The fraction of sp³-hybridized carbons (Fsp3) is 0.625. The maximum absolute atomic E-state index is 12.3. The first-order valence-corrected chi connectivity index (χ1v) is 8.48. The first kappa shape index (κ1) is 18.0. The van der Waals surface area contributed by atoms with E-state index < -0.39 is 11.2 Å². The number of anilines is 1. The lowest BCUT2D eigenvalue weighted by Gasteiger charge is -2.08. The molecule has 0 aliphatic rings. The number of aromatic nitrogens is 4. The molecule has 8 heteroatoms. The third-order valence-electron chi connectivity index (χ3n) is 4.10. The molecular weight excluding hydrogens is 308 g/mol. The average molecular weight is 334 g/mol. The number of unbranched alkanes of at least 4 members (excludes halogenated alkanes) is 3. The molecule has 2 aromatic heterocycles. The molecule has 0 fully saturated rings. The molecule has 0 unspecified atom stereocenters. The Hall–Kier alpha value is -2.38. The number of H-pyrrole nitrogens is 1. The van der Waals surface area contributed by atoms with Crippen LogP contribution in [0, 0.1) is 0 Å². The molecule has 0 radical (unpaired) electrons. The Kier molecular flexibility index (Phi) is 5.94. The summed E-state index contributed by atoms with van der Waals surface area (Å²) in [5.41, 5.74) is 3.76. The average Bonchev–Trinajstić information content (AvgIpc) is 2.93. The Morgan fingerprint density at radius 1 is 1.25 bits per heavy atom. The second-order valence-corrected chi connectivity index (χ2v) is 5.95. The first-order chi connectivity index (χ1) is 11.5. The van der Waals surface area contributed by atoms with Crippen molar-refractivity contribution < 1.29 is 0 Å². The normalized spacial score (nSPS) is 12.1. The maximum atomic E-state index is 12.3. The Bertz CT molecular complexity index is 843. The maximum Gasteiger partial charge on any atom is 0.329 e. The summed E-state index contributed by atoms with van der Waals surface area (Å²) in [6.45, 7) is 6.75. The third kappa shape index (κ3) is 3.74. The molecule has 2 N–H and O–H groups in total. The highest BCUT2D eigenvalue weighted by atomic mass is 16.2. The Labute approximate surface area is 140 Å². The van der Waals surface area contributed by atoms with E-state index in [4.69, 9.17) is 0 Å². The molecule has 0 aromatic carbocycles. The van der Waals surface area contributed by atoms with Crippen molar-refractivity contribution in [2.24, 2.45) is 12.1 Å². The van der Waals surface area contributed by atoms with Crippen LogP contribution in [0.5, 0.6) is 0 Å². The number of hydrazone groups is 1. The zero-order chi connectivity index (χ0) is 17.7. The molecule has 0 atom stereocenters. The first-order valence-electron chi connectivity index (χ1n) is 8.48. The van der Waals surface area contributed by atoms with Crippen molar-refractivity contribution in [3.05, 3.63) is 20.8 Å². The minimum absolute atomic E-state index is 0.367. The summed E-state index contributed by atoms with van der Waals surface area (Å²) < 4.78 is 3.16. The number of aromatic amines is 1. The number of imidazole rings is 1. The van der Waals surface area contributed by atoms with Crippen molar-refractivity contribution in [3.8, 4) is 0 Å². The fourth-order valence-electron chi connectivity index (χ4n) is 2.46. The molecule has 0 amide bonds. The van der Waals surface area contributed by atoms with Crippen LogP contribution in [0.3, 0.4) is 0 Å². The van der Waals surface area contributed by atoms with Crippen LogP contribution in [0.25, 0.3) is 11.2 Å². The molecule has 0 spiro atoms. The Morgan fingerprint density at radius 2 is 2.00 bits per heavy atom. The van der Waals surface area contributed by atoms with Crippen LogP contribution in [-0.4, -0.2) is 24.8 Å². The second kappa shape index (κ2) is 7.94. The number of hydrogen-bond acceptors (Lipinski definition) is 5. The van der Waals surface area contributed by atoms with Crippen molar-refractivity contribution in [1.82, 2.24) is 19.1 Å². The van der Waals surface area contributed by atoms with Crippen molar-refractivity contribution in [2.75, 3.05) is 5.43 Å². The molecule has 0 aliphatic carbocycles. The summed E-state index contributed by atoms with van der Waals surface area (Å²) in [5, 5.41) is 4.28. The van der Waals surface area contributed by atoms with Crippen LogP contribution in [0.2, 0.25) is 0 Å². The van der Waals surface area contributed by atoms with Crippen LogP contribution in [0.4, 0.5) is 5.95 Å². The van der Waals surface area contributed by atoms with Gasteiger partial charge in [-0.15, -0.1) is 0 Å². The van der Waals surface area contributed by atoms with Crippen LogP contribution in [0.1, 0.15) is 52.9 Å². The lowest BCUT2D eigenvalue weighted by molar-refractivity contribution is 0.593. The van der Waals surface area contributed by atoms with Gasteiger partial charge in [0.1, 0.15) is 0 Å². The van der Waals surface area contributed by atoms with Gasteiger partial charge in [0, 0.05) is 19.3 Å². The van der Waals surface area contributed by atoms with Crippen molar-refractivity contribution >= 4 is 22.8 Å². The van der Waals surface area contributed by atoms with Crippen LogP contribution >= 0.6 is 0 Å². The highest BCUT2D eigenvalue weighted by molar-refractivity contribution is 5.82. The summed E-state index contributed by atoms with van der Waals surface area (Å²) in [6, 6.07) is 0. The minimum Gasteiger partial charge on any atom is -0.303 e. The molecule has 8 nitrogen and oxygen atoms in total. The molecule has 0 bridgehead atoms. The smallest absolute Gasteiger partial charge is 0.303 e. The van der Waals surface area contributed by atoms with Gasteiger partial charge in [0.25, 0.3) is 5.56 Å². The van der Waals surface area contributed by atoms with Gasteiger partial charge in [-0.3, -0.25) is 14.3 Å². The van der Waals surface area contributed by atoms with Crippen LogP contribution < -0.4 is 16.7 Å². The second-order valence-electron chi connectivity index (χ2n) is 5.95. The largest absolute Gasteiger partial charge is 0.329 e. The van der Waals surface area contributed by atoms with Crippen LogP contribution in [0.15, 0.2) is 14.7 Å². The van der Waals surface area contributed by atoms with E-state index in [0.29, 0.717) is 23.7 Å². The quantitative estimate of drug-likeness (QED) is 0.439. The molecule has 132 valence electrons. The number of nitrogens with one attached hydrogen (secondary N) is 2. The van der Waals surface area contributed by atoms with Gasteiger partial charge in [0.05, 0.1) is 0 Å². The van der Waals surface area contributed by atoms with E-state index in [9.17, 15) is 9.59 Å². The molecular formula is C16H26N6O2. The van der Waals surface area contributed by atoms with E-state index in [2.05, 4.69) is 27.4 Å². The standard InChI is InChI=1S/C16H26N6O2/c1-5-7-8-9-10-22-12-13(21(4)16(24)18-14(12)23)17-15(22)20-19-11(3)6-2/h5-10H2,1-4H3,(H,17,20)(H,18,23,24)/b19-11+. The summed E-state index contributed by atoms with van der Waals surface area (Å²) in [6.07, 6.45) is 5.13. The molecule has 0 saturated carbocycles. The summed E-state index contributed by atoms with van der Waals surface area (Å²) in [4.78, 5) is 30.8. The van der Waals surface area contributed by atoms with Crippen molar-refractivity contribution in [3.63, 3.8) is 0 Å². The van der Waals surface area contributed by atoms with Gasteiger partial charge >= 0.3 is 5.69 Å². The van der Waals surface area contributed by atoms with E-state index in [0.717, 1.165) is 37.8 Å². The number of aryl methyl sites for hydroxylation is 2. The van der Waals surface area contributed by atoms with E-state index in [1.165, 1.54) is 4.57 Å². The lowest BCUT2D eigenvalue weighted by atomic mass is 10.2. The van der Waals surface area contributed by atoms with Gasteiger partial charge in [0.2, 0.25) is 5.95 Å². The highest BCUT2D eigenvalue weighted by Gasteiger charge is 2.16. The third-order valence-corrected chi connectivity index (χ3v) is 4.10. The van der Waals surface area contributed by atoms with Crippen molar-refractivity contribution in [2.45, 2.75) is 59.4 Å². The highest BCUT2D eigenvalue weighted by Crippen LogP contribution is 2.17. The van der Waals surface area contributed by atoms with Crippen LogP contribution in [-0.2, 0) is 13.6 Å². The Morgan fingerprint density at radius 3 is 2.67 bits per heavy atom. The molecule has 0 aliphatic heterocycles. The van der Waals surface area contributed by atoms with Gasteiger partial charge in [-0.1, -0.05) is 33.1 Å². The van der Waals surface area contributed by atoms with Gasteiger partial charge in [-0.05, 0) is 19.8 Å². The Balaban J connectivity index is 2.49. The summed E-state index contributed by atoms with van der Waals surface area (Å²) >= 11 is 0. The van der Waals surface area contributed by atoms with Crippen molar-refractivity contribution in [1.29, 1.82) is 0 Å². The van der Waals surface area contributed by atoms with Gasteiger partial charge < -0.3 is 4.57 Å². The summed E-state index contributed by atoms with van der Waals surface area (Å²) in [5.74, 6) is 0.487. The van der Waals surface area contributed by atoms with Gasteiger partial charge in [-0.25, -0.2) is 10.2 Å². The van der Waals surface area contributed by atoms with E-state index in [1.807, 2.05) is 18.4 Å². The zero-order valence-corrected chi connectivity index (χ0v) is 14.8. The number of rotatable bonds is 8. The molecule has 0 saturated heterocycles.